The first-order valence-corrected chi connectivity index (χ1v) is 18.7. The third kappa shape index (κ3) is 5.78. The lowest BCUT2D eigenvalue weighted by molar-refractivity contribution is 0.331. The van der Waals surface area contributed by atoms with E-state index in [0.29, 0.717) is 11.3 Å². The van der Waals surface area contributed by atoms with Crippen molar-refractivity contribution < 1.29 is 9.47 Å². The summed E-state index contributed by atoms with van der Waals surface area (Å²) in [5.41, 5.74) is 3.21. The smallest absolute Gasteiger partial charge is 0.122 e. The maximum atomic E-state index is 6.13. The Bertz CT molecular complexity index is 1630. The van der Waals surface area contributed by atoms with Gasteiger partial charge in [0, 0.05) is 23.2 Å². The monoisotopic (exact) mass is 636 g/mol. The van der Waals surface area contributed by atoms with E-state index in [4.69, 9.17) is 9.47 Å². The van der Waals surface area contributed by atoms with Crippen molar-refractivity contribution >= 4 is 37.1 Å². The molecule has 1 saturated carbocycles. The van der Waals surface area contributed by atoms with Crippen LogP contribution in [-0.2, 0) is 0 Å². The predicted octanol–water partition coefficient (Wildman–Crippen LogP) is 8.59. The highest BCUT2D eigenvalue weighted by atomic mass is 31.1. The highest BCUT2D eigenvalue weighted by Crippen LogP contribution is 2.71. The molecule has 0 unspecified atom stereocenters. The summed E-state index contributed by atoms with van der Waals surface area (Å²) in [6.45, 7) is 0. The van der Waals surface area contributed by atoms with Gasteiger partial charge in [-0.15, -0.1) is 0 Å². The molecule has 2 nitrogen and oxygen atoms in total. The van der Waals surface area contributed by atoms with Crippen molar-refractivity contribution in [2.24, 2.45) is 0 Å². The van der Waals surface area contributed by atoms with Crippen LogP contribution in [0, 0.1) is 0 Å². The maximum absolute atomic E-state index is 6.13. The normalized spacial score (nSPS) is 19.0. The van der Waals surface area contributed by atoms with E-state index in [1.165, 1.54) is 32.3 Å². The van der Waals surface area contributed by atoms with E-state index in [-0.39, 0.29) is 11.8 Å². The van der Waals surface area contributed by atoms with Crippen LogP contribution in [0.25, 0.3) is 0 Å². The fraction of sp³-hybridized carbons (Fsp3) is 0.143. The quantitative estimate of drug-likeness (QED) is 0.140. The average molecular weight is 637 g/mol. The molecule has 0 aliphatic heterocycles. The molecule has 46 heavy (non-hydrogen) atoms. The summed E-state index contributed by atoms with van der Waals surface area (Å²) in [6, 6.07) is 62.3. The second-order valence-electron chi connectivity index (χ2n) is 11.6. The molecule has 4 heteroatoms. The Labute approximate surface area is 275 Å². The molecule has 0 amide bonds. The molecule has 4 atom stereocenters. The summed E-state index contributed by atoms with van der Waals surface area (Å²) in [7, 11) is 2.07. The Hall–Kier alpha value is -4.22. The van der Waals surface area contributed by atoms with Crippen LogP contribution in [0.2, 0.25) is 0 Å². The summed E-state index contributed by atoms with van der Waals surface area (Å²) in [5, 5.41) is 5.64. The fourth-order valence-electron chi connectivity index (χ4n) is 7.31. The first-order valence-electron chi connectivity index (χ1n) is 15.8. The molecule has 0 saturated heterocycles. The van der Waals surface area contributed by atoms with Crippen LogP contribution in [-0.4, -0.2) is 25.5 Å². The minimum Gasteiger partial charge on any atom is -0.496 e. The van der Waals surface area contributed by atoms with Crippen molar-refractivity contribution in [1.29, 1.82) is 0 Å². The zero-order valence-electron chi connectivity index (χ0n) is 26.2. The number of benzene rings is 6. The summed E-state index contributed by atoms with van der Waals surface area (Å²) in [6.07, 6.45) is 0. The number of hydrogen-bond acceptors (Lipinski definition) is 2. The number of para-hydroxylation sites is 2. The first kappa shape index (κ1) is 30.4. The van der Waals surface area contributed by atoms with Gasteiger partial charge in [0.1, 0.15) is 11.5 Å². The van der Waals surface area contributed by atoms with Gasteiger partial charge in [-0.1, -0.05) is 158 Å². The predicted molar refractivity (Wildman–Crippen MR) is 197 cm³/mol. The Kier molecular flexibility index (Phi) is 9.29. The molecule has 0 N–H and O–H groups in total. The number of ether oxygens (including phenoxy) is 2. The Balaban J connectivity index is 1.54. The minimum absolute atomic E-state index is 0.210. The molecule has 0 radical (unpaired) electrons. The lowest BCUT2D eigenvalue weighted by Gasteiger charge is -2.59. The summed E-state index contributed by atoms with van der Waals surface area (Å²) in [4.78, 5) is 0. The van der Waals surface area contributed by atoms with Crippen LogP contribution in [0.5, 0.6) is 11.5 Å². The van der Waals surface area contributed by atoms with E-state index in [1.54, 1.807) is 14.2 Å². The van der Waals surface area contributed by atoms with Gasteiger partial charge >= 0.3 is 0 Å². The zero-order chi connectivity index (χ0) is 31.3. The van der Waals surface area contributed by atoms with Crippen LogP contribution in [0.1, 0.15) is 23.0 Å². The van der Waals surface area contributed by atoms with Crippen LogP contribution < -0.4 is 30.7 Å². The zero-order valence-corrected chi connectivity index (χ0v) is 28.0. The van der Waals surface area contributed by atoms with Gasteiger partial charge in [-0.2, -0.15) is 0 Å². The van der Waals surface area contributed by atoms with Gasteiger partial charge in [0.25, 0.3) is 0 Å². The molecule has 1 aliphatic carbocycles. The molecule has 7 rings (SSSR count). The van der Waals surface area contributed by atoms with E-state index >= 15 is 0 Å². The summed E-state index contributed by atoms with van der Waals surface area (Å²) >= 11 is 0. The standard InChI is InChI=1S/C42H38O2P2/c1-43-37-29-17-15-27-35(37)39-40(36-28-16-18-30-38(36)44-2)42(46(33-23-11-5-12-24-33)34-25-13-6-14-26-34)41(39)45(31-19-7-3-8-20-31)32-21-9-4-10-22-32/h3-30,39-42H,1-2H3/t39-,40-,41-,42-/m0/s1. The summed E-state index contributed by atoms with van der Waals surface area (Å²) in [5.74, 6) is 2.33. The Morgan fingerprint density at radius 2 is 0.609 bits per heavy atom. The number of methoxy groups -OCH3 is 2. The van der Waals surface area contributed by atoms with Crippen LogP contribution in [0.3, 0.4) is 0 Å². The van der Waals surface area contributed by atoms with Crippen LogP contribution in [0.15, 0.2) is 170 Å². The van der Waals surface area contributed by atoms with E-state index in [2.05, 4.69) is 170 Å². The van der Waals surface area contributed by atoms with Crippen molar-refractivity contribution in [1.82, 2.24) is 0 Å². The van der Waals surface area contributed by atoms with Gasteiger partial charge in [-0.05, 0) is 60.3 Å². The number of rotatable bonds is 10. The van der Waals surface area contributed by atoms with Gasteiger partial charge in [0.2, 0.25) is 0 Å². The van der Waals surface area contributed by atoms with Gasteiger partial charge < -0.3 is 9.47 Å². The lowest BCUT2D eigenvalue weighted by atomic mass is 9.65. The Morgan fingerprint density at radius 3 is 0.891 bits per heavy atom. The van der Waals surface area contributed by atoms with E-state index in [0.717, 1.165) is 11.5 Å². The molecule has 6 aromatic carbocycles. The third-order valence-electron chi connectivity index (χ3n) is 9.20. The van der Waals surface area contributed by atoms with Crippen molar-refractivity contribution in [3.63, 3.8) is 0 Å². The van der Waals surface area contributed by atoms with Crippen molar-refractivity contribution in [2.75, 3.05) is 14.2 Å². The summed E-state index contributed by atoms with van der Waals surface area (Å²) < 4.78 is 12.3. The molecular weight excluding hydrogens is 598 g/mol. The molecule has 1 aliphatic rings. The second kappa shape index (κ2) is 14.0. The van der Waals surface area contributed by atoms with Gasteiger partial charge in [-0.3, -0.25) is 0 Å². The van der Waals surface area contributed by atoms with E-state index < -0.39 is 15.8 Å². The van der Waals surface area contributed by atoms with Gasteiger partial charge in [0.05, 0.1) is 14.2 Å². The second-order valence-corrected chi connectivity index (χ2v) is 16.3. The average Bonchev–Trinajstić information content (AvgIpc) is 3.13. The van der Waals surface area contributed by atoms with Gasteiger partial charge in [-0.25, -0.2) is 0 Å². The van der Waals surface area contributed by atoms with Gasteiger partial charge in [0.15, 0.2) is 0 Å². The minimum atomic E-state index is -0.769. The van der Waals surface area contributed by atoms with E-state index in [1.807, 2.05) is 0 Å². The molecule has 0 bridgehead atoms. The lowest BCUT2D eigenvalue weighted by Crippen LogP contribution is -2.54. The van der Waals surface area contributed by atoms with Crippen molar-refractivity contribution in [3.05, 3.63) is 181 Å². The largest absolute Gasteiger partial charge is 0.496 e. The molecule has 1 fully saturated rings. The van der Waals surface area contributed by atoms with Crippen LogP contribution in [0.4, 0.5) is 0 Å². The van der Waals surface area contributed by atoms with Crippen molar-refractivity contribution in [3.8, 4) is 11.5 Å². The maximum Gasteiger partial charge on any atom is 0.122 e. The molecule has 228 valence electrons. The molecule has 0 aromatic heterocycles. The van der Waals surface area contributed by atoms with Crippen LogP contribution >= 0.6 is 15.8 Å². The third-order valence-corrected chi connectivity index (χ3v) is 15.3. The highest BCUT2D eigenvalue weighted by molar-refractivity contribution is 7.78. The SMILES string of the molecule is COc1ccccc1[C@H]1[C@H](c2ccccc2OC)[C@H](P(c2ccccc2)c2ccccc2)[C@H]1P(c1ccccc1)c1ccccc1. The van der Waals surface area contributed by atoms with Crippen molar-refractivity contribution in [2.45, 2.75) is 23.2 Å². The first-order chi connectivity index (χ1) is 22.8. The number of hydrogen-bond donors (Lipinski definition) is 0. The highest BCUT2D eigenvalue weighted by Gasteiger charge is 2.59. The Morgan fingerprint density at radius 1 is 0.348 bits per heavy atom. The van der Waals surface area contributed by atoms with E-state index in [9.17, 15) is 0 Å². The topological polar surface area (TPSA) is 18.5 Å². The molecule has 0 spiro atoms. The fourth-order valence-corrected chi connectivity index (χ4v) is 14.4. The molecule has 6 aromatic rings. The molecule has 0 heterocycles. The molecular formula is C42H38O2P2.